The van der Waals surface area contributed by atoms with Crippen molar-refractivity contribution < 1.29 is 0 Å². The number of hydrogen-bond donors (Lipinski definition) is 0. The molecule has 1 aromatic carbocycles. The number of aromatic nitrogens is 1. The van der Waals surface area contributed by atoms with Gasteiger partial charge in [0.1, 0.15) is 5.69 Å². The molecule has 1 aliphatic heterocycles. The van der Waals surface area contributed by atoms with Crippen LogP contribution in [0.5, 0.6) is 0 Å². The number of benzene rings is 1. The summed E-state index contributed by atoms with van der Waals surface area (Å²) in [5.41, 5.74) is 3.25. The summed E-state index contributed by atoms with van der Waals surface area (Å²) in [7, 11) is 0. The van der Waals surface area contributed by atoms with Gasteiger partial charge in [-0.15, -0.1) is 0 Å². The molecule has 0 radical (unpaired) electrons. The molecule has 0 fully saturated rings. The van der Waals surface area contributed by atoms with E-state index in [1.54, 1.807) is 0 Å². The van der Waals surface area contributed by atoms with Gasteiger partial charge in [-0.3, -0.25) is 0 Å². The van der Waals surface area contributed by atoms with Gasteiger partial charge >= 0.3 is 0 Å². The van der Waals surface area contributed by atoms with Crippen molar-refractivity contribution in [2.75, 3.05) is 11.4 Å². The largest absolute Gasteiger partial charge is 0.346 e. The minimum atomic E-state index is 0.405. The van der Waals surface area contributed by atoms with Crippen LogP contribution < -0.4 is 4.90 Å². The quantitative estimate of drug-likeness (QED) is 0.818. The maximum Gasteiger partial charge on any atom is 0.155 e. The molecule has 2 aromatic rings. The maximum atomic E-state index is 4.76. The Morgan fingerprint density at radius 3 is 2.58 bits per heavy atom. The fraction of sp³-hybridized carbons (Fsp3) is 0.250. The van der Waals surface area contributed by atoms with E-state index in [1.807, 2.05) is 24.4 Å². The second-order valence-corrected chi connectivity index (χ2v) is 4.99. The molecule has 0 atom stereocenters. The lowest BCUT2D eigenvalue weighted by Gasteiger charge is -2.32. The number of hydrogen-bond acceptors (Lipinski definition) is 3. The minimum Gasteiger partial charge on any atom is -0.346 e. The Morgan fingerprint density at radius 1 is 1.05 bits per heavy atom. The zero-order chi connectivity index (χ0) is 13.2. The van der Waals surface area contributed by atoms with Crippen molar-refractivity contribution in [1.82, 2.24) is 4.98 Å². The van der Waals surface area contributed by atoms with Gasteiger partial charge in [0.2, 0.25) is 0 Å². The number of pyridine rings is 1. The van der Waals surface area contributed by atoms with Crippen LogP contribution in [0.1, 0.15) is 19.4 Å². The third kappa shape index (κ3) is 2.24. The van der Waals surface area contributed by atoms with E-state index in [0.29, 0.717) is 6.04 Å². The molecule has 0 aliphatic carbocycles. The first kappa shape index (κ1) is 11.9. The lowest BCUT2D eigenvalue weighted by atomic mass is 10.1. The third-order valence-corrected chi connectivity index (χ3v) is 3.34. The van der Waals surface area contributed by atoms with Gasteiger partial charge < -0.3 is 4.90 Å². The Morgan fingerprint density at radius 2 is 1.84 bits per heavy atom. The smallest absolute Gasteiger partial charge is 0.155 e. The van der Waals surface area contributed by atoms with Gasteiger partial charge in [0, 0.05) is 12.2 Å². The summed E-state index contributed by atoms with van der Waals surface area (Å²) < 4.78 is 0. The van der Waals surface area contributed by atoms with Gasteiger partial charge in [0.05, 0.1) is 12.3 Å². The highest BCUT2D eigenvalue weighted by atomic mass is 15.2. The highest BCUT2D eigenvalue weighted by Gasteiger charge is 2.23. The summed E-state index contributed by atoms with van der Waals surface area (Å²) in [6.07, 6.45) is 1.83. The zero-order valence-electron chi connectivity index (χ0n) is 11.2. The maximum absolute atomic E-state index is 4.76. The standard InChI is InChI=1S/C16H17N3/c1-12(2)19-11-15(13-7-4-3-5-8-13)18-14-9-6-10-17-16(14)19/h3-10,12H,11H2,1-2H3. The van der Waals surface area contributed by atoms with Crippen LogP contribution in [0.15, 0.2) is 53.7 Å². The molecule has 2 heterocycles. The molecule has 0 saturated heterocycles. The van der Waals surface area contributed by atoms with E-state index in [-0.39, 0.29) is 0 Å². The van der Waals surface area contributed by atoms with Crippen molar-refractivity contribution in [3.8, 4) is 0 Å². The van der Waals surface area contributed by atoms with E-state index in [0.717, 1.165) is 23.8 Å². The van der Waals surface area contributed by atoms with Crippen molar-refractivity contribution in [2.45, 2.75) is 19.9 Å². The number of anilines is 1. The van der Waals surface area contributed by atoms with Gasteiger partial charge in [-0.05, 0) is 31.5 Å². The summed E-state index contributed by atoms with van der Waals surface area (Å²) in [6.45, 7) is 5.18. The van der Waals surface area contributed by atoms with Gasteiger partial charge in [-0.25, -0.2) is 9.98 Å². The first-order valence-corrected chi connectivity index (χ1v) is 6.60. The number of fused-ring (bicyclic) bond motifs is 1. The minimum absolute atomic E-state index is 0.405. The average molecular weight is 251 g/mol. The lowest BCUT2D eigenvalue weighted by molar-refractivity contribution is 0.717. The summed E-state index contributed by atoms with van der Waals surface area (Å²) in [6, 6.07) is 14.7. The van der Waals surface area contributed by atoms with E-state index in [4.69, 9.17) is 4.99 Å². The molecular weight excluding hydrogens is 234 g/mol. The van der Waals surface area contributed by atoms with Crippen LogP contribution >= 0.6 is 0 Å². The summed E-state index contributed by atoms with van der Waals surface area (Å²) in [5.74, 6) is 0.984. The van der Waals surface area contributed by atoms with Gasteiger partial charge in [-0.2, -0.15) is 0 Å². The zero-order valence-corrected chi connectivity index (χ0v) is 11.2. The molecule has 0 spiro atoms. The van der Waals surface area contributed by atoms with Gasteiger partial charge in [0.25, 0.3) is 0 Å². The van der Waals surface area contributed by atoms with Crippen molar-refractivity contribution in [1.29, 1.82) is 0 Å². The Hall–Kier alpha value is -2.16. The SMILES string of the molecule is CC(C)N1CC(c2ccccc2)=Nc2cccnc21. The topological polar surface area (TPSA) is 28.5 Å². The summed E-state index contributed by atoms with van der Waals surface area (Å²) in [4.78, 5) is 11.5. The highest BCUT2D eigenvalue weighted by Crippen LogP contribution is 2.31. The second kappa shape index (κ2) is 4.84. The van der Waals surface area contributed by atoms with E-state index < -0.39 is 0 Å². The molecule has 0 N–H and O–H groups in total. The van der Waals surface area contributed by atoms with Crippen molar-refractivity contribution >= 4 is 17.2 Å². The number of nitrogens with zero attached hydrogens (tertiary/aromatic N) is 3. The fourth-order valence-corrected chi connectivity index (χ4v) is 2.33. The molecule has 1 aromatic heterocycles. The Bertz CT molecular complexity index is 602. The van der Waals surface area contributed by atoms with Crippen LogP contribution in [-0.4, -0.2) is 23.3 Å². The average Bonchev–Trinajstić information content (AvgIpc) is 2.47. The Kier molecular flexibility index (Phi) is 3.03. The van der Waals surface area contributed by atoms with Crippen LogP contribution in [0.25, 0.3) is 0 Å². The predicted octanol–water partition coefficient (Wildman–Crippen LogP) is 3.43. The molecule has 0 bridgehead atoms. The molecule has 0 amide bonds. The first-order chi connectivity index (χ1) is 9.25. The van der Waals surface area contributed by atoms with Crippen LogP contribution in [0.3, 0.4) is 0 Å². The normalized spacial score (nSPS) is 14.3. The van der Waals surface area contributed by atoms with Crippen LogP contribution in [0.2, 0.25) is 0 Å². The molecule has 0 unspecified atom stereocenters. The molecule has 1 aliphatic rings. The van der Waals surface area contributed by atoms with Crippen LogP contribution in [-0.2, 0) is 0 Å². The van der Waals surface area contributed by atoms with E-state index in [9.17, 15) is 0 Å². The third-order valence-electron chi connectivity index (χ3n) is 3.34. The summed E-state index contributed by atoms with van der Waals surface area (Å²) in [5, 5.41) is 0. The lowest BCUT2D eigenvalue weighted by Crippen LogP contribution is -2.38. The molecular formula is C16H17N3. The van der Waals surface area contributed by atoms with Crippen molar-refractivity contribution in [2.24, 2.45) is 4.99 Å². The highest BCUT2D eigenvalue weighted by molar-refractivity contribution is 6.07. The molecule has 96 valence electrons. The van der Waals surface area contributed by atoms with E-state index in [1.165, 1.54) is 5.56 Å². The van der Waals surface area contributed by atoms with Gasteiger partial charge in [0.15, 0.2) is 5.82 Å². The van der Waals surface area contributed by atoms with Crippen LogP contribution in [0.4, 0.5) is 11.5 Å². The summed E-state index contributed by atoms with van der Waals surface area (Å²) >= 11 is 0. The molecule has 0 saturated carbocycles. The molecule has 3 heteroatoms. The van der Waals surface area contributed by atoms with E-state index in [2.05, 4.69) is 48.0 Å². The Balaban J connectivity index is 2.08. The second-order valence-electron chi connectivity index (χ2n) is 4.99. The van der Waals surface area contributed by atoms with E-state index >= 15 is 0 Å². The molecule has 3 rings (SSSR count). The molecule has 3 nitrogen and oxygen atoms in total. The first-order valence-electron chi connectivity index (χ1n) is 6.60. The van der Waals surface area contributed by atoms with Gasteiger partial charge in [-0.1, -0.05) is 30.3 Å². The number of aliphatic imine (C=N–C) groups is 1. The Labute approximate surface area is 113 Å². The van der Waals surface area contributed by atoms with Crippen molar-refractivity contribution in [3.05, 3.63) is 54.2 Å². The predicted molar refractivity (Wildman–Crippen MR) is 79.4 cm³/mol. The van der Waals surface area contributed by atoms with Crippen LogP contribution in [0, 0.1) is 0 Å². The monoisotopic (exact) mass is 251 g/mol. The molecule has 19 heavy (non-hydrogen) atoms. The number of rotatable bonds is 2. The van der Waals surface area contributed by atoms with Crippen molar-refractivity contribution in [3.63, 3.8) is 0 Å². The fourth-order valence-electron chi connectivity index (χ4n) is 2.33.